The van der Waals surface area contributed by atoms with Gasteiger partial charge >= 0.3 is 0 Å². The highest BCUT2D eigenvalue weighted by Gasteiger charge is 2.31. The Morgan fingerprint density at radius 3 is 2.21 bits per heavy atom. The van der Waals surface area contributed by atoms with E-state index in [4.69, 9.17) is 0 Å². The van der Waals surface area contributed by atoms with Crippen molar-refractivity contribution in [3.05, 3.63) is 65.2 Å². The number of benzene rings is 2. The summed E-state index contributed by atoms with van der Waals surface area (Å²) in [5.41, 5.74) is 3.03. The number of amides is 2. The maximum Gasteiger partial charge on any atom is 0.244 e. The molecule has 8 heteroatoms. The van der Waals surface area contributed by atoms with Gasteiger partial charge in [0.1, 0.15) is 12.6 Å². The molecule has 180 valence electrons. The monoisotopic (exact) mass is 473 g/mol. The molecule has 0 aliphatic heterocycles. The van der Waals surface area contributed by atoms with Crippen LogP contribution in [0, 0.1) is 13.8 Å². The SMILES string of the molecule is CC[C@H](C)NC(=O)[C@H](C)N(Cc1ccccc1)C(=O)CN(c1cccc(C)c1C)S(C)(=O)=O. The molecule has 7 nitrogen and oxygen atoms in total. The zero-order valence-electron chi connectivity index (χ0n) is 20.3. The Morgan fingerprint density at radius 1 is 1.00 bits per heavy atom. The van der Waals surface area contributed by atoms with E-state index in [1.165, 1.54) is 4.90 Å². The summed E-state index contributed by atoms with van der Waals surface area (Å²) in [6, 6.07) is 13.9. The van der Waals surface area contributed by atoms with E-state index < -0.39 is 28.5 Å². The molecule has 2 rings (SSSR count). The first-order chi connectivity index (χ1) is 15.5. The second-order valence-corrected chi connectivity index (χ2v) is 10.4. The summed E-state index contributed by atoms with van der Waals surface area (Å²) in [6.07, 6.45) is 1.85. The molecule has 0 aliphatic carbocycles. The summed E-state index contributed by atoms with van der Waals surface area (Å²) in [4.78, 5) is 27.8. The minimum Gasteiger partial charge on any atom is -0.352 e. The second-order valence-electron chi connectivity index (χ2n) is 8.49. The summed E-state index contributed by atoms with van der Waals surface area (Å²) in [6.45, 7) is 9.06. The topological polar surface area (TPSA) is 86.8 Å². The Morgan fingerprint density at radius 2 is 1.64 bits per heavy atom. The van der Waals surface area contributed by atoms with Crippen LogP contribution in [0.25, 0.3) is 0 Å². The summed E-state index contributed by atoms with van der Waals surface area (Å²) >= 11 is 0. The number of carbonyl (C=O) groups excluding carboxylic acids is 2. The van der Waals surface area contributed by atoms with Gasteiger partial charge in [0.2, 0.25) is 21.8 Å². The zero-order valence-corrected chi connectivity index (χ0v) is 21.1. The van der Waals surface area contributed by atoms with Crippen molar-refractivity contribution in [2.45, 2.75) is 59.7 Å². The fraction of sp³-hybridized carbons (Fsp3) is 0.440. The quantitative estimate of drug-likeness (QED) is 0.573. The van der Waals surface area contributed by atoms with Crippen LogP contribution in [0.5, 0.6) is 0 Å². The van der Waals surface area contributed by atoms with Gasteiger partial charge in [-0.3, -0.25) is 13.9 Å². The van der Waals surface area contributed by atoms with Gasteiger partial charge in [-0.05, 0) is 56.9 Å². The van der Waals surface area contributed by atoms with Crippen molar-refractivity contribution >= 4 is 27.5 Å². The molecule has 0 saturated carbocycles. The van der Waals surface area contributed by atoms with Crippen molar-refractivity contribution in [2.24, 2.45) is 0 Å². The van der Waals surface area contributed by atoms with Crippen molar-refractivity contribution in [1.29, 1.82) is 0 Å². The minimum absolute atomic E-state index is 0.0314. The standard InChI is InChI=1S/C25H35N3O4S/c1-7-19(3)26-25(30)21(5)27(16-22-13-9-8-10-14-22)24(29)17-28(33(6,31)32)23-15-11-12-18(2)20(23)4/h8-15,19,21H,7,16-17H2,1-6H3,(H,26,30)/t19-,21-/m0/s1. The van der Waals surface area contributed by atoms with Crippen LogP contribution < -0.4 is 9.62 Å². The Labute approximate surface area is 197 Å². The van der Waals surface area contributed by atoms with Crippen molar-refractivity contribution in [3.8, 4) is 0 Å². The molecule has 1 N–H and O–H groups in total. The smallest absolute Gasteiger partial charge is 0.244 e. The molecular formula is C25H35N3O4S. The maximum absolute atomic E-state index is 13.5. The van der Waals surface area contributed by atoms with E-state index in [1.54, 1.807) is 19.1 Å². The average molecular weight is 474 g/mol. The molecule has 0 spiro atoms. The van der Waals surface area contributed by atoms with E-state index in [0.29, 0.717) is 5.69 Å². The molecule has 33 heavy (non-hydrogen) atoms. The fourth-order valence-electron chi connectivity index (χ4n) is 3.43. The van der Waals surface area contributed by atoms with Gasteiger partial charge in [0.05, 0.1) is 11.9 Å². The zero-order chi connectivity index (χ0) is 24.8. The Kier molecular flexibility index (Phi) is 9.05. The Bertz CT molecular complexity index is 1070. The Hall–Kier alpha value is -2.87. The van der Waals surface area contributed by atoms with Gasteiger partial charge in [0, 0.05) is 12.6 Å². The largest absolute Gasteiger partial charge is 0.352 e. The van der Waals surface area contributed by atoms with Crippen LogP contribution in [0.2, 0.25) is 0 Å². The van der Waals surface area contributed by atoms with E-state index in [9.17, 15) is 18.0 Å². The molecule has 0 aliphatic rings. The van der Waals surface area contributed by atoms with Gasteiger partial charge in [-0.1, -0.05) is 49.4 Å². The van der Waals surface area contributed by atoms with Crippen LogP contribution in [-0.4, -0.2) is 50.0 Å². The third kappa shape index (κ3) is 7.05. The molecule has 2 amide bonds. The fourth-order valence-corrected chi connectivity index (χ4v) is 4.33. The van der Waals surface area contributed by atoms with Crippen LogP contribution in [0.4, 0.5) is 5.69 Å². The molecule has 2 aromatic rings. The van der Waals surface area contributed by atoms with Crippen LogP contribution >= 0.6 is 0 Å². The van der Waals surface area contributed by atoms with Crippen LogP contribution in [0.1, 0.15) is 43.9 Å². The summed E-state index contributed by atoms with van der Waals surface area (Å²) in [5, 5.41) is 2.92. The van der Waals surface area contributed by atoms with Gasteiger partial charge in [0.15, 0.2) is 0 Å². The second kappa shape index (κ2) is 11.3. The lowest BCUT2D eigenvalue weighted by Gasteiger charge is -2.32. The minimum atomic E-state index is -3.74. The lowest BCUT2D eigenvalue weighted by atomic mass is 10.1. The van der Waals surface area contributed by atoms with Crippen molar-refractivity contribution in [3.63, 3.8) is 0 Å². The average Bonchev–Trinajstić information content (AvgIpc) is 2.77. The highest BCUT2D eigenvalue weighted by atomic mass is 32.2. The molecule has 0 heterocycles. The van der Waals surface area contributed by atoms with Crippen LogP contribution in [0.15, 0.2) is 48.5 Å². The van der Waals surface area contributed by atoms with Gasteiger partial charge in [-0.15, -0.1) is 0 Å². The number of rotatable bonds is 10. The first kappa shape index (κ1) is 26.4. The Balaban J connectivity index is 2.40. The third-order valence-electron chi connectivity index (χ3n) is 5.89. The van der Waals surface area contributed by atoms with E-state index in [2.05, 4.69) is 5.32 Å². The summed E-state index contributed by atoms with van der Waals surface area (Å²) in [7, 11) is -3.74. The van der Waals surface area contributed by atoms with Gasteiger partial charge < -0.3 is 10.2 Å². The predicted octanol–water partition coefficient (Wildman–Crippen LogP) is 3.40. The summed E-state index contributed by atoms with van der Waals surface area (Å²) < 4.78 is 26.5. The van der Waals surface area contributed by atoms with E-state index in [-0.39, 0.29) is 18.5 Å². The summed E-state index contributed by atoms with van der Waals surface area (Å²) in [5.74, 6) is -0.719. The number of hydrogen-bond acceptors (Lipinski definition) is 4. The lowest BCUT2D eigenvalue weighted by molar-refractivity contribution is -0.139. The van der Waals surface area contributed by atoms with Crippen LogP contribution in [-0.2, 0) is 26.2 Å². The number of carbonyl (C=O) groups is 2. The van der Waals surface area contributed by atoms with Gasteiger partial charge in [0.25, 0.3) is 0 Å². The van der Waals surface area contributed by atoms with Gasteiger partial charge in [-0.2, -0.15) is 0 Å². The van der Waals surface area contributed by atoms with Crippen LogP contribution in [0.3, 0.4) is 0 Å². The van der Waals surface area contributed by atoms with Crippen molar-refractivity contribution in [2.75, 3.05) is 17.1 Å². The first-order valence-corrected chi connectivity index (χ1v) is 13.0. The van der Waals surface area contributed by atoms with E-state index in [1.807, 2.05) is 64.1 Å². The molecule has 0 radical (unpaired) electrons. The first-order valence-electron chi connectivity index (χ1n) is 11.1. The molecule has 0 unspecified atom stereocenters. The number of anilines is 1. The molecule has 2 aromatic carbocycles. The number of nitrogens with zero attached hydrogens (tertiary/aromatic N) is 2. The van der Waals surface area contributed by atoms with Gasteiger partial charge in [-0.25, -0.2) is 8.42 Å². The molecule has 0 fully saturated rings. The number of nitrogens with one attached hydrogen (secondary N) is 1. The maximum atomic E-state index is 13.5. The van der Waals surface area contributed by atoms with Crippen molar-refractivity contribution < 1.29 is 18.0 Å². The predicted molar refractivity (Wildman–Crippen MR) is 132 cm³/mol. The molecular weight excluding hydrogens is 438 g/mol. The number of sulfonamides is 1. The third-order valence-corrected chi connectivity index (χ3v) is 7.01. The molecule has 0 saturated heterocycles. The van der Waals surface area contributed by atoms with E-state index >= 15 is 0 Å². The van der Waals surface area contributed by atoms with Crippen molar-refractivity contribution in [1.82, 2.24) is 10.2 Å². The highest BCUT2D eigenvalue weighted by Crippen LogP contribution is 2.25. The van der Waals surface area contributed by atoms with E-state index in [0.717, 1.165) is 33.7 Å². The highest BCUT2D eigenvalue weighted by molar-refractivity contribution is 7.92. The number of aryl methyl sites for hydroxylation is 1. The normalized spacial score (nSPS) is 13.2. The lowest BCUT2D eigenvalue weighted by Crippen LogP contribution is -2.52. The molecule has 0 bridgehead atoms. The molecule has 0 aromatic heterocycles. The number of hydrogen-bond donors (Lipinski definition) is 1. The molecule has 2 atom stereocenters.